The lowest BCUT2D eigenvalue weighted by Crippen LogP contribution is -2.46. The van der Waals surface area contributed by atoms with Gasteiger partial charge in [0.25, 0.3) is 5.91 Å². The first kappa shape index (κ1) is 28.4. The van der Waals surface area contributed by atoms with Crippen LogP contribution in [0.1, 0.15) is 41.7 Å². The van der Waals surface area contributed by atoms with Crippen LogP contribution in [-0.4, -0.2) is 74.5 Å². The Balaban J connectivity index is 1.28. The van der Waals surface area contributed by atoms with Crippen LogP contribution in [0.4, 0.5) is 11.4 Å². The van der Waals surface area contributed by atoms with Crippen LogP contribution in [0.5, 0.6) is 5.75 Å². The first-order valence-electron chi connectivity index (χ1n) is 14.3. The third-order valence-electron chi connectivity index (χ3n) is 8.07. The van der Waals surface area contributed by atoms with Crippen molar-refractivity contribution in [3.63, 3.8) is 0 Å². The van der Waals surface area contributed by atoms with E-state index < -0.39 is 0 Å². The molecule has 41 heavy (non-hydrogen) atoms. The predicted octanol–water partition coefficient (Wildman–Crippen LogP) is 4.05. The first-order chi connectivity index (χ1) is 20.1. The number of carbonyl (C=O) groups excluding carboxylic acids is 1. The lowest BCUT2D eigenvalue weighted by Gasteiger charge is -2.39. The van der Waals surface area contributed by atoms with Crippen molar-refractivity contribution in [1.82, 2.24) is 14.8 Å². The molecule has 2 heterocycles. The molecule has 3 aromatic rings. The largest absolute Gasteiger partial charge is 0.495 e. The van der Waals surface area contributed by atoms with E-state index in [1.54, 1.807) is 26.3 Å². The molecule has 0 atom stereocenters. The molecule has 1 saturated carbocycles. The van der Waals surface area contributed by atoms with Crippen molar-refractivity contribution < 1.29 is 14.3 Å². The standard InChI is InChI=1S/C32H38N6O3/c1-34-32(39)23-8-13-29(31(21-23)40-2)35-15-4-5-26-22-27-28(6-3-7-30(27)38(26)16-14-33)36-24-9-11-25(12-10-24)37-17-19-41-20-18-37/h3,6-8,13,21-22,24-25,35-36H,9-12,15-20H2,1-2H3,(H,34,39)/t24-,25-. The van der Waals surface area contributed by atoms with Gasteiger partial charge in [-0.05, 0) is 68.0 Å². The molecule has 9 heteroatoms. The summed E-state index contributed by atoms with van der Waals surface area (Å²) < 4.78 is 13.0. The van der Waals surface area contributed by atoms with E-state index >= 15 is 0 Å². The van der Waals surface area contributed by atoms with Crippen LogP contribution in [0, 0.1) is 23.2 Å². The molecule has 0 unspecified atom stereocenters. The summed E-state index contributed by atoms with van der Waals surface area (Å²) in [6.07, 6.45) is 4.69. The number of hydrogen-bond acceptors (Lipinski definition) is 7. The molecule has 2 fully saturated rings. The number of methoxy groups -OCH3 is 1. The Morgan fingerprint density at radius 1 is 1.10 bits per heavy atom. The van der Waals surface area contributed by atoms with Crippen LogP contribution in [-0.2, 0) is 11.3 Å². The lowest BCUT2D eigenvalue weighted by atomic mass is 9.89. The second-order valence-electron chi connectivity index (χ2n) is 10.5. The van der Waals surface area contributed by atoms with Crippen LogP contribution in [0.3, 0.4) is 0 Å². The second kappa shape index (κ2) is 13.5. The number of nitrogens with one attached hydrogen (secondary N) is 3. The Morgan fingerprint density at radius 2 is 1.90 bits per heavy atom. The molecule has 0 radical (unpaired) electrons. The number of nitriles is 1. The highest BCUT2D eigenvalue weighted by molar-refractivity contribution is 5.95. The van der Waals surface area contributed by atoms with E-state index in [1.165, 1.54) is 12.8 Å². The number of ether oxygens (including phenoxy) is 2. The van der Waals surface area contributed by atoms with Crippen LogP contribution >= 0.6 is 0 Å². The Kier molecular flexibility index (Phi) is 9.30. The number of nitrogens with zero attached hydrogens (tertiary/aromatic N) is 3. The van der Waals surface area contributed by atoms with Gasteiger partial charge in [0.15, 0.2) is 0 Å². The van der Waals surface area contributed by atoms with Gasteiger partial charge >= 0.3 is 0 Å². The average Bonchev–Trinajstić information content (AvgIpc) is 3.38. The topological polar surface area (TPSA) is 104 Å². The quantitative estimate of drug-likeness (QED) is 0.361. The normalized spacial score (nSPS) is 19.0. The van der Waals surface area contributed by atoms with Gasteiger partial charge in [0.2, 0.25) is 0 Å². The summed E-state index contributed by atoms with van der Waals surface area (Å²) in [5.74, 6) is 6.84. The molecule has 214 valence electrons. The van der Waals surface area contributed by atoms with E-state index in [1.807, 2.05) is 16.7 Å². The minimum absolute atomic E-state index is 0.172. The van der Waals surface area contributed by atoms with Gasteiger partial charge in [-0.1, -0.05) is 12.0 Å². The van der Waals surface area contributed by atoms with Gasteiger partial charge in [-0.25, -0.2) is 0 Å². The maximum absolute atomic E-state index is 11.9. The Hall–Kier alpha value is -4.18. The van der Waals surface area contributed by atoms with E-state index in [0.717, 1.165) is 67.1 Å². The van der Waals surface area contributed by atoms with Gasteiger partial charge in [0, 0.05) is 48.9 Å². The van der Waals surface area contributed by atoms with Gasteiger partial charge < -0.3 is 30.0 Å². The Bertz CT molecular complexity index is 1470. The number of morpholine rings is 1. The zero-order valence-electron chi connectivity index (χ0n) is 23.8. The molecule has 0 bridgehead atoms. The number of anilines is 2. The third kappa shape index (κ3) is 6.59. The van der Waals surface area contributed by atoms with E-state index in [-0.39, 0.29) is 12.5 Å². The van der Waals surface area contributed by atoms with Crippen molar-refractivity contribution in [2.24, 2.45) is 0 Å². The summed E-state index contributed by atoms with van der Waals surface area (Å²) in [4.78, 5) is 14.5. The fraction of sp³-hybridized carbons (Fsp3) is 0.438. The summed E-state index contributed by atoms with van der Waals surface area (Å²) in [6, 6.07) is 16.9. The van der Waals surface area contributed by atoms with E-state index in [4.69, 9.17) is 9.47 Å². The van der Waals surface area contributed by atoms with Crippen molar-refractivity contribution in [3.8, 4) is 23.7 Å². The molecule has 9 nitrogen and oxygen atoms in total. The van der Waals surface area contributed by atoms with E-state index in [0.29, 0.717) is 29.9 Å². The minimum atomic E-state index is -0.172. The maximum atomic E-state index is 11.9. The SMILES string of the molecule is CNC(=O)c1ccc(NCC#Cc2cc3c(N[C@H]4CC[C@H](N5CCOCC5)CC4)cccc3n2CC#N)c(OC)c1. The van der Waals surface area contributed by atoms with Crippen LogP contribution < -0.4 is 20.7 Å². The number of hydrogen-bond donors (Lipinski definition) is 3. The summed E-state index contributed by atoms with van der Waals surface area (Å²) in [7, 11) is 3.17. The Morgan fingerprint density at radius 3 is 2.63 bits per heavy atom. The van der Waals surface area contributed by atoms with Gasteiger partial charge in [0.05, 0.1) is 49.8 Å². The highest BCUT2D eigenvalue weighted by Gasteiger charge is 2.27. The molecule has 1 saturated heterocycles. The fourth-order valence-corrected chi connectivity index (χ4v) is 5.90. The summed E-state index contributed by atoms with van der Waals surface area (Å²) in [5, 5.41) is 20.3. The van der Waals surface area contributed by atoms with E-state index in [2.05, 4.69) is 57.0 Å². The van der Waals surface area contributed by atoms with Crippen molar-refractivity contribution in [2.45, 2.75) is 44.3 Å². The first-order valence-corrected chi connectivity index (χ1v) is 14.3. The Labute approximate surface area is 241 Å². The smallest absolute Gasteiger partial charge is 0.251 e. The minimum Gasteiger partial charge on any atom is -0.495 e. The number of amides is 1. The van der Waals surface area contributed by atoms with Gasteiger partial charge in [-0.2, -0.15) is 5.26 Å². The predicted molar refractivity (Wildman–Crippen MR) is 161 cm³/mol. The molecular formula is C32H38N6O3. The average molecular weight is 555 g/mol. The fourth-order valence-electron chi connectivity index (χ4n) is 5.90. The van der Waals surface area contributed by atoms with Crippen molar-refractivity contribution in [3.05, 3.63) is 53.7 Å². The second-order valence-corrected chi connectivity index (χ2v) is 10.5. The van der Waals surface area contributed by atoms with Crippen molar-refractivity contribution >= 4 is 28.2 Å². The zero-order chi connectivity index (χ0) is 28.6. The molecule has 0 spiro atoms. The molecule has 1 amide bonds. The molecule has 2 aromatic carbocycles. The van der Waals surface area contributed by atoms with Gasteiger partial charge in [0.1, 0.15) is 12.3 Å². The van der Waals surface area contributed by atoms with Crippen molar-refractivity contribution in [2.75, 3.05) is 57.6 Å². The zero-order valence-corrected chi connectivity index (χ0v) is 23.8. The number of aromatic nitrogens is 1. The highest BCUT2D eigenvalue weighted by atomic mass is 16.5. The molecule has 3 N–H and O–H groups in total. The third-order valence-corrected chi connectivity index (χ3v) is 8.07. The number of benzene rings is 2. The van der Waals surface area contributed by atoms with Crippen LogP contribution in [0.2, 0.25) is 0 Å². The number of carbonyl (C=O) groups is 1. The number of rotatable bonds is 8. The summed E-state index contributed by atoms with van der Waals surface area (Å²) in [6.45, 7) is 4.39. The maximum Gasteiger partial charge on any atom is 0.251 e. The number of fused-ring (bicyclic) bond motifs is 1. The molecule has 1 aromatic heterocycles. The highest BCUT2D eigenvalue weighted by Crippen LogP contribution is 2.31. The molecule has 1 aliphatic carbocycles. The van der Waals surface area contributed by atoms with Crippen molar-refractivity contribution in [1.29, 1.82) is 5.26 Å². The summed E-state index contributed by atoms with van der Waals surface area (Å²) in [5.41, 5.74) is 4.17. The molecule has 1 aliphatic heterocycles. The van der Waals surface area contributed by atoms with Gasteiger partial charge in [-0.15, -0.1) is 0 Å². The van der Waals surface area contributed by atoms with Crippen LogP contribution in [0.15, 0.2) is 42.5 Å². The van der Waals surface area contributed by atoms with Crippen LogP contribution in [0.25, 0.3) is 10.9 Å². The molecular weight excluding hydrogens is 516 g/mol. The summed E-state index contributed by atoms with van der Waals surface area (Å²) >= 11 is 0. The lowest BCUT2D eigenvalue weighted by molar-refractivity contribution is 0.00791. The molecule has 2 aliphatic rings. The molecule has 5 rings (SSSR count). The van der Waals surface area contributed by atoms with E-state index in [9.17, 15) is 10.1 Å². The van der Waals surface area contributed by atoms with Gasteiger partial charge in [-0.3, -0.25) is 9.69 Å². The monoisotopic (exact) mass is 554 g/mol.